The zero-order chi connectivity index (χ0) is 24.1. The Morgan fingerprint density at radius 3 is 2.48 bits per heavy atom. The van der Waals surface area contributed by atoms with Gasteiger partial charge in [-0.25, -0.2) is 0 Å². The summed E-state index contributed by atoms with van der Waals surface area (Å²) in [6.07, 6.45) is 0. The molecule has 174 valence electrons. The van der Waals surface area contributed by atoms with Gasteiger partial charge in [-0.05, 0) is 42.3 Å². The molecule has 2 amide bonds. The lowest BCUT2D eigenvalue weighted by Gasteiger charge is -2.22. The van der Waals surface area contributed by atoms with Crippen molar-refractivity contribution >= 4 is 64.1 Å². The van der Waals surface area contributed by atoms with Gasteiger partial charge in [0.1, 0.15) is 0 Å². The molecule has 1 atom stereocenters. The standard InChI is InChI=1S/C22H22Cl3N5O2S/c1-12(2)19(27-21(32)13-7-8-16(24)17(25)9-13)20-28-29-22(30(20)3)33-11-18(31)26-15-6-4-5-14(23)10-15/h4-10,12,19H,11H2,1-3H3,(H,26,31)(H,27,32)/t19-/m1/s1. The number of hydrogen-bond acceptors (Lipinski definition) is 5. The number of hydrogen-bond donors (Lipinski definition) is 2. The molecule has 0 aliphatic rings. The van der Waals surface area contributed by atoms with Crippen molar-refractivity contribution in [1.29, 1.82) is 0 Å². The van der Waals surface area contributed by atoms with Crippen LogP contribution in [0.4, 0.5) is 5.69 Å². The van der Waals surface area contributed by atoms with Gasteiger partial charge in [-0.1, -0.05) is 66.5 Å². The summed E-state index contributed by atoms with van der Waals surface area (Å²) in [6.45, 7) is 3.94. The molecule has 0 aliphatic carbocycles. The molecule has 0 saturated heterocycles. The highest BCUT2D eigenvalue weighted by molar-refractivity contribution is 7.99. The Hall–Kier alpha value is -2.26. The molecule has 0 saturated carbocycles. The van der Waals surface area contributed by atoms with Gasteiger partial charge in [-0.15, -0.1) is 10.2 Å². The SMILES string of the molecule is CC(C)[C@@H](NC(=O)c1ccc(Cl)c(Cl)c1)c1nnc(SCC(=O)Nc2cccc(Cl)c2)n1C. The molecule has 1 heterocycles. The third-order valence-corrected chi connectivity index (χ3v) is 6.72. The number of aromatic nitrogens is 3. The Morgan fingerprint density at radius 1 is 1.06 bits per heavy atom. The second-order valence-electron chi connectivity index (χ2n) is 7.57. The fraction of sp³-hybridized carbons (Fsp3) is 0.273. The maximum absolute atomic E-state index is 12.8. The molecule has 0 aliphatic heterocycles. The molecule has 0 radical (unpaired) electrons. The minimum Gasteiger partial charge on any atom is -0.342 e. The van der Waals surface area contributed by atoms with Crippen molar-refractivity contribution < 1.29 is 9.59 Å². The third-order valence-electron chi connectivity index (χ3n) is 4.72. The van der Waals surface area contributed by atoms with Crippen molar-refractivity contribution in [3.05, 3.63) is 68.9 Å². The van der Waals surface area contributed by atoms with Crippen LogP contribution in [0.5, 0.6) is 0 Å². The van der Waals surface area contributed by atoms with E-state index in [0.29, 0.717) is 37.3 Å². The topological polar surface area (TPSA) is 88.9 Å². The van der Waals surface area contributed by atoms with E-state index in [1.807, 2.05) is 13.8 Å². The van der Waals surface area contributed by atoms with Crippen LogP contribution in [0.25, 0.3) is 0 Å². The lowest BCUT2D eigenvalue weighted by atomic mass is 10.0. The van der Waals surface area contributed by atoms with Gasteiger partial charge in [0.25, 0.3) is 5.91 Å². The molecule has 11 heteroatoms. The van der Waals surface area contributed by atoms with Crippen molar-refractivity contribution in [2.75, 3.05) is 11.1 Å². The van der Waals surface area contributed by atoms with Crippen LogP contribution in [0, 0.1) is 5.92 Å². The highest BCUT2D eigenvalue weighted by Gasteiger charge is 2.25. The Morgan fingerprint density at radius 2 is 1.82 bits per heavy atom. The molecule has 33 heavy (non-hydrogen) atoms. The molecule has 0 unspecified atom stereocenters. The predicted octanol–water partition coefficient (Wildman–Crippen LogP) is 5.63. The molecular weight excluding hydrogens is 505 g/mol. The number of nitrogens with one attached hydrogen (secondary N) is 2. The number of amides is 2. The van der Waals surface area contributed by atoms with E-state index >= 15 is 0 Å². The molecule has 3 rings (SSSR count). The Bertz CT molecular complexity index is 1170. The molecule has 0 spiro atoms. The third kappa shape index (κ3) is 6.63. The van der Waals surface area contributed by atoms with Gasteiger partial charge < -0.3 is 15.2 Å². The van der Waals surface area contributed by atoms with Crippen LogP contribution in [0.1, 0.15) is 36.1 Å². The fourth-order valence-electron chi connectivity index (χ4n) is 3.01. The van der Waals surface area contributed by atoms with Crippen LogP contribution in [0.15, 0.2) is 47.6 Å². The first kappa shape index (κ1) is 25.4. The largest absolute Gasteiger partial charge is 0.342 e. The Balaban J connectivity index is 1.67. The van der Waals surface area contributed by atoms with Crippen LogP contribution in [-0.4, -0.2) is 32.3 Å². The first-order valence-electron chi connectivity index (χ1n) is 9.99. The number of anilines is 1. The molecule has 2 N–H and O–H groups in total. The van der Waals surface area contributed by atoms with Gasteiger partial charge in [0.2, 0.25) is 5.91 Å². The highest BCUT2D eigenvalue weighted by atomic mass is 35.5. The zero-order valence-corrected chi connectivity index (χ0v) is 21.2. The minimum absolute atomic E-state index is 0.0311. The number of thioether (sulfide) groups is 1. The van der Waals surface area contributed by atoms with E-state index in [4.69, 9.17) is 34.8 Å². The van der Waals surface area contributed by atoms with E-state index in [1.165, 1.54) is 17.8 Å². The van der Waals surface area contributed by atoms with E-state index < -0.39 is 6.04 Å². The van der Waals surface area contributed by atoms with Crippen molar-refractivity contribution in [3.8, 4) is 0 Å². The molecule has 2 aromatic carbocycles. The molecule has 0 fully saturated rings. The first-order chi connectivity index (χ1) is 15.7. The summed E-state index contributed by atoms with van der Waals surface area (Å²) >= 11 is 19.2. The second kappa shape index (κ2) is 11.2. The Kier molecular flexibility index (Phi) is 8.64. The molecular formula is C22H22Cl3N5O2S. The Labute approximate surface area is 211 Å². The van der Waals surface area contributed by atoms with Crippen LogP contribution < -0.4 is 10.6 Å². The van der Waals surface area contributed by atoms with Gasteiger partial charge in [-0.3, -0.25) is 9.59 Å². The number of nitrogens with zero attached hydrogens (tertiary/aromatic N) is 3. The van der Waals surface area contributed by atoms with Crippen LogP contribution in [0.2, 0.25) is 15.1 Å². The summed E-state index contributed by atoms with van der Waals surface area (Å²) in [5.41, 5.74) is 1.01. The number of halogens is 3. The molecule has 0 bridgehead atoms. The van der Waals surface area contributed by atoms with E-state index in [2.05, 4.69) is 20.8 Å². The minimum atomic E-state index is -0.404. The van der Waals surface area contributed by atoms with Gasteiger partial charge in [0.15, 0.2) is 11.0 Å². The summed E-state index contributed by atoms with van der Waals surface area (Å²) in [4.78, 5) is 25.1. The zero-order valence-electron chi connectivity index (χ0n) is 18.1. The lowest BCUT2D eigenvalue weighted by Crippen LogP contribution is -2.33. The summed E-state index contributed by atoms with van der Waals surface area (Å²) in [6, 6.07) is 11.2. The fourth-order valence-corrected chi connectivity index (χ4v) is 4.21. The maximum atomic E-state index is 12.8. The van der Waals surface area contributed by atoms with Crippen molar-refractivity contribution in [2.45, 2.75) is 25.0 Å². The smallest absolute Gasteiger partial charge is 0.251 e. The molecule has 3 aromatic rings. The molecule has 7 nitrogen and oxygen atoms in total. The van der Waals surface area contributed by atoms with E-state index in [0.717, 1.165) is 0 Å². The summed E-state index contributed by atoms with van der Waals surface area (Å²) in [7, 11) is 1.80. The number of carbonyl (C=O) groups excluding carboxylic acids is 2. The van der Waals surface area contributed by atoms with Crippen molar-refractivity contribution in [1.82, 2.24) is 20.1 Å². The average molecular weight is 527 g/mol. The molecule has 1 aromatic heterocycles. The monoisotopic (exact) mass is 525 g/mol. The first-order valence-corrected chi connectivity index (χ1v) is 12.1. The average Bonchev–Trinajstić information content (AvgIpc) is 3.12. The number of rotatable bonds is 8. The van der Waals surface area contributed by atoms with Gasteiger partial charge in [0, 0.05) is 23.3 Å². The number of carbonyl (C=O) groups is 2. The van der Waals surface area contributed by atoms with Crippen LogP contribution in [0.3, 0.4) is 0 Å². The summed E-state index contributed by atoms with van der Waals surface area (Å²) < 4.78 is 1.77. The van der Waals surface area contributed by atoms with Gasteiger partial charge in [0.05, 0.1) is 21.8 Å². The highest BCUT2D eigenvalue weighted by Crippen LogP contribution is 2.26. The summed E-state index contributed by atoms with van der Waals surface area (Å²) in [5, 5.41) is 16.0. The van der Waals surface area contributed by atoms with Crippen molar-refractivity contribution in [2.24, 2.45) is 13.0 Å². The quantitative estimate of drug-likeness (QED) is 0.371. The predicted molar refractivity (Wildman–Crippen MR) is 133 cm³/mol. The normalized spacial score (nSPS) is 12.0. The van der Waals surface area contributed by atoms with E-state index in [9.17, 15) is 9.59 Å². The second-order valence-corrected chi connectivity index (χ2v) is 9.76. The van der Waals surface area contributed by atoms with E-state index in [-0.39, 0.29) is 23.5 Å². The van der Waals surface area contributed by atoms with Gasteiger partial charge in [-0.2, -0.15) is 0 Å². The van der Waals surface area contributed by atoms with Crippen molar-refractivity contribution in [3.63, 3.8) is 0 Å². The lowest BCUT2D eigenvalue weighted by molar-refractivity contribution is -0.113. The summed E-state index contributed by atoms with van der Waals surface area (Å²) in [5.74, 6) is 0.255. The van der Waals surface area contributed by atoms with Crippen LogP contribution in [-0.2, 0) is 11.8 Å². The number of benzene rings is 2. The van der Waals surface area contributed by atoms with E-state index in [1.54, 1.807) is 48.0 Å². The van der Waals surface area contributed by atoms with Gasteiger partial charge >= 0.3 is 0 Å². The maximum Gasteiger partial charge on any atom is 0.251 e. The van der Waals surface area contributed by atoms with Crippen LogP contribution >= 0.6 is 46.6 Å².